The number of carbonyl (C=O) groups is 2. The summed E-state index contributed by atoms with van der Waals surface area (Å²) in [6.07, 6.45) is 6.84. The third-order valence-electron chi connectivity index (χ3n) is 7.18. The molecule has 4 rings (SSSR count). The van der Waals surface area contributed by atoms with Gasteiger partial charge < -0.3 is 25.1 Å². The fraction of sp³-hybridized carbons (Fsp3) is 0.367. The Hall–Kier alpha value is -2.41. The van der Waals surface area contributed by atoms with E-state index in [1.807, 2.05) is 42.9 Å². The summed E-state index contributed by atoms with van der Waals surface area (Å²) in [4.78, 5) is 35.8. The van der Waals surface area contributed by atoms with Crippen molar-refractivity contribution in [3.63, 3.8) is 0 Å². The van der Waals surface area contributed by atoms with Crippen molar-refractivity contribution in [2.45, 2.75) is 18.6 Å². The Bertz CT molecular complexity index is 1530. The highest BCUT2D eigenvalue weighted by Gasteiger charge is 2.25. The van der Waals surface area contributed by atoms with E-state index in [0.717, 1.165) is 53.2 Å². The number of alkyl halides is 2. The van der Waals surface area contributed by atoms with E-state index >= 15 is 0 Å². The Morgan fingerprint density at radius 2 is 1.79 bits per heavy atom. The molecule has 42 heavy (non-hydrogen) atoms. The molecule has 1 atom stereocenters. The molecule has 0 spiro atoms. The lowest BCUT2D eigenvalue weighted by atomic mass is 10.1. The molecule has 2 aromatic heterocycles. The summed E-state index contributed by atoms with van der Waals surface area (Å²) in [5.41, 5.74) is 5.86. The zero-order valence-electron chi connectivity index (χ0n) is 24.2. The number of rotatable bonds is 13. The van der Waals surface area contributed by atoms with E-state index in [1.165, 1.54) is 0 Å². The van der Waals surface area contributed by atoms with Gasteiger partial charge in [-0.15, -0.1) is 23.2 Å². The molecule has 0 saturated carbocycles. The lowest BCUT2D eigenvalue weighted by Crippen LogP contribution is -2.27. The van der Waals surface area contributed by atoms with Gasteiger partial charge in [-0.1, -0.05) is 12.1 Å². The first-order chi connectivity index (χ1) is 20.0. The van der Waals surface area contributed by atoms with Crippen LogP contribution >= 0.6 is 51.6 Å². The summed E-state index contributed by atoms with van der Waals surface area (Å²) in [5, 5.41) is 5.98. The Labute approximate surface area is 270 Å². The Kier molecular flexibility index (Phi) is 11.1. The second kappa shape index (κ2) is 14.4. The van der Waals surface area contributed by atoms with E-state index in [1.54, 1.807) is 6.07 Å². The van der Waals surface area contributed by atoms with Gasteiger partial charge in [0.2, 0.25) is 5.91 Å². The number of H-pyrrole nitrogens is 1. The molecule has 2 amide bonds. The molecule has 2 heterocycles. The molecule has 226 valence electrons. The first-order valence-corrected chi connectivity index (χ1v) is 19.8. The van der Waals surface area contributed by atoms with Gasteiger partial charge in [0, 0.05) is 55.9 Å². The highest BCUT2D eigenvalue weighted by atomic mass is 127. The molecule has 0 radical (unpaired) electrons. The zero-order valence-corrected chi connectivity index (χ0v) is 28.7. The zero-order chi connectivity index (χ0) is 30.4. The predicted molar refractivity (Wildman–Crippen MR) is 188 cm³/mol. The largest absolute Gasteiger partial charge is 0.369 e. The van der Waals surface area contributed by atoms with Crippen LogP contribution in [0.15, 0.2) is 54.7 Å². The minimum Gasteiger partial charge on any atom is -0.369 e. The standard InChI is InChI=1S/C30H37Cl2IN6O2S/c1-20(42(3,4)33)29(40)35-23-18-27(38(2)19-23)28-36-25-10-7-22(17-26(25)37-28)30(41)34-14-11-21-5-8-24(9-6-21)39(15-12-31)16-13-32/h5-10,17-20H,11-16H2,1-4H3,(H,34,41)(H,35,40)(H,36,37). The summed E-state index contributed by atoms with van der Waals surface area (Å²) in [6, 6.07) is 15.6. The molecule has 4 aromatic rings. The molecule has 1 unspecified atom stereocenters. The molecule has 2 aromatic carbocycles. The number of hydrogen-bond donors (Lipinski definition) is 3. The topological polar surface area (TPSA) is 95.1 Å². The quantitative estimate of drug-likeness (QED) is 0.107. The van der Waals surface area contributed by atoms with Crippen molar-refractivity contribution in [2.75, 3.05) is 54.1 Å². The number of anilines is 2. The van der Waals surface area contributed by atoms with Crippen molar-refractivity contribution in [3.05, 3.63) is 65.9 Å². The van der Waals surface area contributed by atoms with Gasteiger partial charge in [0.05, 0.1) is 27.7 Å². The SMILES string of the molecule is CC(C(=O)Nc1cc(-c2nc3ccc(C(=O)NCCc4ccc(N(CCCl)CCCl)cc4)cc3[nH]2)n(C)c1)S(C)(C)I. The molecule has 8 nitrogen and oxygen atoms in total. The van der Waals surface area contributed by atoms with E-state index in [0.29, 0.717) is 29.7 Å². The number of aromatic nitrogens is 3. The third kappa shape index (κ3) is 8.15. The van der Waals surface area contributed by atoms with Crippen LogP contribution < -0.4 is 15.5 Å². The van der Waals surface area contributed by atoms with Gasteiger partial charge in [0.15, 0.2) is 5.82 Å². The number of hydrogen-bond acceptors (Lipinski definition) is 4. The minimum atomic E-state index is -1.04. The average Bonchev–Trinajstić information content (AvgIpc) is 3.54. The number of nitrogens with zero attached hydrogens (tertiary/aromatic N) is 3. The van der Waals surface area contributed by atoms with E-state index in [9.17, 15) is 9.59 Å². The van der Waals surface area contributed by atoms with Crippen LogP contribution in [0.2, 0.25) is 0 Å². The molecular weight excluding hydrogens is 706 g/mol. The summed E-state index contributed by atoms with van der Waals surface area (Å²) in [7, 11) is 0.870. The summed E-state index contributed by atoms with van der Waals surface area (Å²) in [5.74, 6) is 1.62. The number of imidazole rings is 1. The maximum atomic E-state index is 12.9. The van der Waals surface area contributed by atoms with E-state index in [4.69, 9.17) is 28.2 Å². The van der Waals surface area contributed by atoms with Crippen LogP contribution in [0.1, 0.15) is 22.8 Å². The molecular formula is C30H37Cl2IN6O2S. The maximum absolute atomic E-state index is 12.9. The number of benzene rings is 2. The molecule has 0 fully saturated rings. The monoisotopic (exact) mass is 742 g/mol. The maximum Gasteiger partial charge on any atom is 0.251 e. The Morgan fingerprint density at radius 3 is 2.43 bits per heavy atom. The number of amides is 2. The number of aromatic amines is 1. The normalized spacial score (nSPS) is 12.7. The molecule has 0 aliphatic rings. The number of carbonyl (C=O) groups excluding carboxylic acids is 2. The average molecular weight is 744 g/mol. The van der Waals surface area contributed by atoms with Gasteiger partial charge in [0.25, 0.3) is 5.91 Å². The van der Waals surface area contributed by atoms with Crippen molar-refractivity contribution < 1.29 is 9.59 Å². The highest BCUT2D eigenvalue weighted by Crippen LogP contribution is 2.53. The predicted octanol–water partition coefficient (Wildman–Crippen LogP) is 6.57. The molecule has 3 N–H and O–H groups in total. The Balaban J connectivity index is 1.38. The lowest BCUT2D eigenvalue weighted by Gasteiger charge is -2.29. The smallest absolute Gasteiger partial charge is 0.251 e. The van der Waals surface area contributed by atoms with Gasteiger partial charge in [-0.25, -0.2) is 4.98 Å². The number of nitrogens with one attached hydrogen (secondary N) is 3. The molecule has 0 bridgehead atoms. The summed E-state index contributed by atoms with van der Waals surface area (Å²) < 4.78 is 1.92. The van der Waals surface area contributed by atoms with E-state index < -0.39 is 7.20 Å². The minimum absolute atomic E-state index is 0.00926. The molecule has 0 aliphatic carbocycles. The fourth-order valence-corrected chi connectivity index (χ4v) is 6.18. The third-order valence-corrected chi connectivity index (χ3v) is 11.7. The first-order valence-electron chi connectivity index (χ1n) is 13.6. The summed E-state index contributed by atoms with van der Waals surface area (Å²) in [6.45, 7) is 3.97. The second-order valence-electron chi connectivity index (χ2n) is 10.5. The van der Waals surface area contributed by atoms with Gasteiger partial charge in [0.1, 0.15) is 0 Å². The van der Waals surface area contributed by atoms with Crippen molar-refractivity contribution in [3.8, 4) is 11.5 Å². The van der Waals surface area contributed by atoms with Gasteiger partial charge in [-0.3, -0.25) is 9.59 Å². The van der Waals surface area contributed by atoms with Crippen LogP contribution in [0, 0.1) is 0 Å². The number of aryl methyl sites for hydroxylation is 1. The molecule has 0 saturated heterocycles. The lowest BCUT2D eigenvalue weighted by molar-refractivity contribution is -0.115. The van der Waals surface area contributed by atoms with E-state index in [2.05, 4.69) is 78.5 Å². The van der Waals surface area contributed by atoms with Crippen molar-refractivity contribution >= 4 is 85.8 Å². The molecule has 0 aliphatic heterocycles. The number of halogens is 3. The highest BCUT2D eigenvalue weighted by molar-refractivity contribution is 14.2. The number of fused-ring (bicyclic) bond motifs is 1. The fourth-order valence-electron chi connectivity index (χ4n) is 4.51. The van der Waals surface area contributed by atoms with Crippen LogP contribution in [0.3, 0.4) is 0 Å². The molecule has 12 heteroatoms. The van der Waals surface area contributed by atoms with Crippen molar-refractivity contribution in [1.29, 1.82) is 0 Å². The van der Waals surface area contributed by atoms with Gasteiger partial charge in [-0.05, 0) is 89.0 Å². The van der Waals surface area contributed by atoms with Crippen LogP contribution in [0.5, 0.6) is 0 Å². The van der Waals surface area contributed by atoms with Crippen LogP contribution in [0.25, 0.3) is 22.6 Å². The Morgan fingerprint density at radius 1 is 1.10 bits per heavy atom. The first kappa shape index (κ1) is 32.5. The van der Waals surface area contributed by atoms with Gasteiger partial charge >= 0.3 is 0 Å². The van der Waals surface area contributed by atoms with Gasteiger partial charge in [-0.2, -0.15) is 7.20 Å². The second-order valence-corrected chi connectivity index (χ2v) is 21.3. The van der Waals surface area contributed by atoms with Crippen LogP contribution in [-0.2, 0) is 18.3 Å². The van der Waals surface area contributed by atoms with Crippen LogP contribution in [-0.4, -0.2) is 75.5 Å². The van der Waals surface area contributed by atoms with E-state index in [-0.39, 0.29) is 17.1 Å². The van der Waals surface area contributed by atoms with Crippen molar-refractivity contribution in [1.82, 2.24) is 19.9 Å². The van der Waals surface area contributed by atoms with Crippen LogP contribution in [0.4, 0.5) is 11.4 Å². The summed E-state index contributed by atoms with van der Waals surface area (Å²) >= 11 is 14.2. The van der Waals surface area contributed by atoms with Crippen molar-refractivity contribution in [2.24, 2.45) is 7.05 Å².